The highest BCUT2D eigenvalue weighted by molar-refractivity contribution is 5.96. The van der Waals surface area contributed by atoms with E-state index in [1.165, 1.54) is 0 Å². The van der Waals surface area contributed by atoms with Crippen LogP contribution in [-0.4, -0.2) is 87.4 Å². The van der Waals surface area contributed by atoms with Gasteiger partial charge in [0.25, 0.3) is 0 Å². The van der Waals surface area contributed by atoms with Crippen LogP contribution in [0.3, 0.4) is 0 Å². The monoisotopic (exact) mass is 603 g/mol. The normalized spacial score (nSPS) is 13.6. The van der Waals surface area contributed by atoms with Crippen LogP contribution in [0.5, 0.6) is 0 Å². The number of hydrogen-bond donors (Lipinski definition) is 10. The third kappa shape index (κ3) is 11.3. The van der Waals surface area contributed by atoms with Gasteiger partial charge in [0.2, 0.25) is 23.6 Å². The molecule has 2 rings (SSSR count). The van der Waals surface area contributed by atoms with Crippen molar-refractivity contribution in [2.75, 3.05) is 6.54 Å². The first-order valence-electron chi connectivity index (χ1n) is 13.3. The molecule has 0 spiro atoms. The lowest BCUT2D eigenvalue weighted by Crippen LogP contribution is -2.58. The molecule has 2 aromatic rings. The second-order valence-corrected chi connectivity index (χ2v) is 9.74. The second kappa shape index (κ2) is 16.3. The number of nitrogens with zero attached hydrogens (tertiary/aromatic N) is 1. The van der Waals surface area contributed by atoms with Crippen LogP contribution in [-0.2, 0) is 35.2 Å². The minimum absolute atomic E-state index is 0.0352. The minimum Gasteiger partial charge on any atom is -0.481 e. The van der Waals surface area contributed by atoms with Crippen LogP contribution in [0.2, 0.25) is 0 Å². The molecule has 0 saturated carbocycles. The van der Waals surface area contributed by atoms with Crippen molar-refractivity contribution in [3.63, 3.8) is 0 Å². The minimum atomic E-state index is -1.65. The summed E-state index contributed by atoms with van der Waals surface area (Å²) < 4.78 is 0. The number of carbonyl (C=O) groups is 6. The van der Waals surface area contributed by atoms with Gasteiger partial charge in [-0.1, -0.05) is 18.2 Å². The number of rotatable bonds is 18. The van der Waals surface area contributed by atoms with Gasteiger partial charge in [0.05, 0.1) is 12.5 Å². The summed E-state index contributed by atoms with van der Waals surface area (Å²) in [5, 5.41) is 26.8. The summed E-state index contributed by atoms with van der Waals surface area (Å²) in [4.78, 5) is 80.4. The van der Waals surface area contributed by atoms with E-state index in [4.69, 9.17) is 22.9 Å². The first kappa shape index (κ1) is 34.0. The molecule has 4 amide bonds. The molecule has 4 atom stereocenters. The van der Waals surface area contributed by atoms with E-state index in [2.05, 4.69) is 25.9 Å². The number of fused-ring (bicyclic) bond motifs is 1. The molecular weight excluding hydrogens is 566 g/mol. The van der Waals surface area contributed by atoms with Gasteiger partial charge in [0, 0.05) is 36.5 Å². The number of guanidine groups is 1. The highest BCUT2D eigenvalue weighted by atomic mass is 16.4. The number of aliphatic carboxylic acids is 2. The number of carboxylic acids is 2. The van der Waals surface area contributed by atoms with Crippen molar-refractivity contribution in [1.29, 1.82) is 0 Å². The highest BCUT2D eigenvalue weighted by Gasteiger charge is 2.32. The number of aliphatic imine (C=N–C) groups is 1. The molecule has 4 unspecified atom stereocenters. The van der Waals surface area contributed by atoms with Crippen LogP contribution in [0.25, 0.3) is 10.9 Å². The number of carbonyl (C=O) groups excluding carboxylic acids is 4. The number of aromatic amines is 1. The molecule has 17 nitrogen and oxygen atoms in total. The van der Waals surface area contributed by atoms with Gasteiger partial charge in [0.15, 0.2) is 5.96 Å². The number of carboxylic acid groups (broad SMARTS) is 2. The third-order valence-electron chi connectivity index (χ3n) is 6.34. The SMILES string of the molecule is NC(=O)CCC(N)C(=O)NC(CC(=O)O)C(=O)NC(Cc1c[nH]c2ccccc12)C(=O)NC(CCCN=C(N)N)C(=O)O. The number of para-hydroxylation sites is 1. The summed E-state index contributed by atoms with van der Waals surface area (Å²) in [7, 11) is 0. The molecule has 1 heterocycles. The first-order valence-corrected chi connectivity index (χ1v) is 13.3. The van der Waals surface area contributed by atoms with Crippen molar-refractivity contribution in [1.82, 2.24) is 20.9 Å². The fraction of sp³-hybridized carbons (Fsp3) is 0.423. The number of benzene rings is 1. The summed E-state index contributed by atoms with van der Waals surface area (Å²) in [5.74, 6) is -6.46. The molecule has 14 N–H and O–H groups in total. The maximum Gasteiger partial charge on any atom is 0.326 e. The van der Waals surface area contributed by atoms with E-state index in [1.54, 1.807) is 30.5 Å². The smallest absolute Gasteiger partial charge is 0.326 e. The van der Waals surface area contributed by atoms with Gasteiger partial charge in [-0.2, -0.15) is 0 Å². The number of aromatic nitrogens is 1. The van der Waals surface area contributed by atoms with E-state index in [0.29, 0.717) is 5.56 Å². The Morgan fingerprint density at radius 1 is 0.860 bits per heavy atom. The molecule has 234 valence electrons. The molecular formula is C26H37N9O8. The zero-order chi connectivity index (χ0) is 32.1. The quantitative estimate of drug-likeness (QED) is 0.0477. The molecule has 0 bridgehead atoms. The Bertz CT molecular complexity index is 1360. The Balaban J connectivity index is 2.29. The van der Waals surface area contributed by atoms with Crippen LogP contribution < -0.4 is 38.9 Å². The van der Waals surface area contributed by atoms with Crippen LogP contribution in [0.1, 0.15) is 37.7 Å². The van der Waals surface area contributed by atoms with Gasteiger partial charge in [-0.3, -0.25) is 29.0 Å². The summed E-state index contributed by atoms with van der Waals surface area (Å²) in [6, 6.07) is 1.47. The average molecular weight is 604 g/mol. The number of amides is 4. The van der Waals surface area contributed by atoms with Gasteiger partial charge in [-0.15, -0.1) is 0 Å². The predicted molar refractivity (Wildman–Crippen MR) is 154 cm³/mol. The topological polar surface area (TPSA) is 311 Å². The average Bonchev–Trinajstić information content (AvgIpc) is 3.34. The number of nitrogens with two attached hydrogens (primary N) is 4. The summed E-state index contributed by atoms with van der Waals surface area (Å²) in [6.07, 6.45) is 0.471. The molecule has 1 aromatic carbocycles. The maximum absolute atomic E-state index is 13.4. The van der Waals surface area contributed by atoms with Crippen LogP contribution in [0, 0.1) is 0 Å². The fourth-order valence-electron chi connectivity index (χ4n) is 4.13. The fourth-order valence-corrected chi connectivity index (χ4v) is 4.13. The van der Waals surface area contributed by atoms with Gasteiger partial charge in [-0.05, 0) is 30.9 Å². The van der Waals surface area contributed by atoms with E-state index in [1.807, 2.05) is 0 Å². The lowest BCUT2D eigenvalue weighted by atomic mass is 10.0. The van der Waals surface area contributed by atoms with Gasteiger partial charge in [0.1, 0.15) is 18.1 Å². The van der Waals surface area contributed by atoms with E-state index in [9.17, 15) is 39.0 Å². The molecule has 0 radical (unpaired) electrons. The molecule has 0 fully saturated rings. The highest BCUT2D eigenvalue weighted by Crippen LogP contribution is 2.19. The van der Waals surface area contributed by atoms with Gasteiger partial charge in [-0.25, -0.2) is 4.79 Å². The summed E-state index contributed by atoms with van der Waals surface area (Å²) in [5.41, 5.74) is 22.7. The van der Waals surface area contributed by atoms with Crippen molar-refractivity contribution < 1.29 is 39.0 Å². The van der Waals surface area contributed by atoms with Crippen LogP contribution >= 0.6 is 0 Å². The van der Waals surface area contributed by atoms with E-state index in [0.717, 1.165) is 10.9 Å². The molecule has 0 saturated heterocycles. The predicted octanol–water partition coefficient (Wildman–Crippen LogP) is -2.63. The molecule has 43 heavy (non-hydrogen) atoms. The zero-order valence-corrected chi connectivity index (χ0v) is 23.2. The number of primary amides is 1. The Kier molecular flexibility index (Phi) is 12.9. The van der Waals surface area contributed by atoms with Crippen molar-refractivity contribution >= 4 is 52.4 Å². The van der Waals surface area contributed by atoms with Gasteiger partial charge < -0.3 is 54.1 Å². The molecule has 0 aliphatic rings. The maximum atomic E-state index is 13.4. The lowest BCUT2D eigenvalue weighted by molar-refractivity contribution is -0.143. The standard InChI is InChI=1S/C26H37N9O8/c27-15(7-8-20(28)36)22(39)34-19(11-21(37)38)24(41)35-18(10-13-12-32-16-5-2-1-4-14(13)16)23(40)33-17(25(42)43)6-3-9-31-26(29)30/h1-2,4-5,12,15,17-19,32H,3,6-11,27H2,(H2,28,36)(H,33,40)(H,34,39)(H,35,41)(H,37,38)(H,42,43)(H4,29,30,31). The Morgan fingerprint density at radius 2 is 1.49 bits per heavy atom. The second-order valence-electron chi connectivity index (χ2n) is 9.74. The van der Waals surface area contributed by atoms with Gasteiger partial charge >= 0.3 is 11.9 Å². The van der Waals surface area contributed by atoms with Crippen molar-refractivity contribution in [3.8, 4) is 0 Å². The summed E-state index contributed by atoms with van der Waals surface area (Å²) >= 11 is 0. The molecule has 0 aliphatic heterocycles. The Hall–Kier alpha value is -5.19. The molecule has 0 aliphatic carbocycles. The molecule has 1 aromatic heterocycles. The number of nitrogens with one attached hydrogen (secondary N) is 4. The van der Waals surface area contributed by atoms with Crippen molar-refractivity contribution in [2.24, 2.45) is 27.9 Å². The van der Waals surface area contributed by atoms with E-state index in [-0.39, 0.29) is 44.6 Å². The Labute approximate surface area is 245 Å². The third-order valence-corrected chi connectivity index (χ3v) is 6.34. The molecule has 17 heteroatoms. The Morgan fingerprint density at radius 3 is 2.12 bits per heavy atom. The van der Waals surface area contributed by atoms with E-state index >= 15 is 0 Å². The number of hydrogen-bond acceptors (Lipinski definition) is 8. The van der Waals surface area contributed by atoms with Crippen LogP contribution in [0.15, 0.2) is 35.5 Å². The van der Waals surface area contributed by atoms with Crippen molar-refractivity contribution in [2.45, 2.75) is 62.7 Å². The van der Waals surface area contributed by atoms with Crippen molar-refractivity contribution in [3.05, 3.63) is 36.0 Å². The largest absolute Gasteiger partial charge is 0.481 e. The van der Waals surface area contributed by atoms with Crippen LogP contribution in [0.4, 0.5) is 0 Å². The number of H-pyrrole nitrogens is 1. The zero-order valence-electron chi connectivity index (χ0n) is 23.2. The first-order chi connectivity index (χ1) is 20.3. The van der Waals surface area contributed by atoms with E-state index < -0.39 is 66.2 Å². The lowest BCUT2D eigenvalue weighted by Gasteiger charge is -2.24. The summed E-state index contributed by atoms with van der Waals surface area (Å²) in [6.45, 7) is 0.121.